The highest BCUT2D eigenvalue weighted by Gasteiger charge is 2.24. The lowest BCUT2D eigenvalue weighted by Crippen LogP contribution is -2.15. The second-order valence-electron chi connectivity index (χ2n) is 5.08. The van der Waals surface area contributed by atoms with E-state index >= 15 is 0 Å². The van der Waals surface area contributed by atoms with Crippen molar-refractivity contribution in [1.82, 2.24) is 4.98 Å². The number of aryl methyl sites for hydroxylation is 2. The standard InChI is InChI=1S/C15H19NOS/c1-5-12-13(15(3,4)17)18-14(16-12)11-8-6-7-10(2)9-11/h6-9,17H,5H2,1-4H3. The molecule has 3 heteroatoms. The summed E-state index contributed by atoms with van der Waals surface area (Å²) in [5, 5.41) is 11.2. The van der Waals surface area contributed by atoms with Crippen molar-refractivity contribution in [3.05, 3.63) is 40.4 Å². The fourth-order valence-electron chi connectivity index (χ4n) is 1.97. The third-order valence-electron chi connectivity index (χ3n) is 2.85. The summed E-state index contributed by atoms with van der Waals surface area (Å²) in [6.07, 6.45) is 0.849. The molecule has 96 valence electrons. The molecule has 0 radical (unpaired) electrons. The van der Waals surface area contributed by atoms with Crippen LogP contribution in [-0.4, -0.2) is 10.1 Å². The van der Waals surface area contributed by atoms with Gasteiger partial charge in [0.2, 0.25) is 0 Å². The largest absolute Gasteiger partial charge is 0.385 e. The Kier molecular flexibility index (Phi) is 3.55. The molecule has 0 fully saturated rings. The van der Waals surface area contributed by atoms with Gasteiger partial charge in [-0.05, 0) is 33.3 Å². The first-order valence-corrected chi connectivity index (χ1v) is 7.03. The first kappa shape index (κ1) is 13.2. The second kappa shape index (κ2) is 4.82. The summed E-state index contributed by atoms with van der Waals surface area (Å²) in [5.41, 5.74) is 2.55. The van der Waals surface area contributed by atoms with Crippen molar-refractivity contribution in [3.8, 4) is 10.6 Å². The highest BCUT2D eigenvalue weighted by atomic mass is 32.1. The third-order valence-corrected chi connectivity index (χ3v) is 4.31. The van der Waals surface area contributed by atoms with Gasteiger partial charge < -0.3 is 5.11 Å². The molecule has 0 unspecified atom stereocenters. The lowest BCUT2D eigenvalue weighted by Gasteiger charge is -2.15. The Bertz CT molecular complexity index is 552. The van der Waals surface area contributed by atoms with E-state index in [4.69, 9.17) is 0 Å². The average Bonchev–Trinajstić information content (AvgIpc) is 2.72. The predicted molar refractivity (Wildman–Crippen MR) is 76.9 cm³/mol. The number of hydrogen-bond donors (Lipinski definition) is 1. The molecule has 2 aromatic rings. The predicted octanol–water partition coefficient (Wildman–Crippen LogP) is 3.91. The summed E-state index contributed by atoms with van der Waals surface area (Å²) in [6, 6.07) is 8.32. The molecule has 0 aliphatic rings. The van der Waals surface area contributed by atoms with Crippen LogP contribution in [-0.2, 0) is 12.0 Å². The van der Waals surface area contributed by atoms with Crippen LogP contribution < -0.4 is 0 Å². The van der Waals surface area contributed by atoms with Crippen molar-refractivity contribution in [2.45, 2.75) is 39.7 Å². The molecule has 0 atom stereocenters. The monoisotopic (exact) mass is 261 g/mol. The quantitative estimate of drug-likeness (QED) is 0.908. The molecule has 0 aliphatic carbocycles. The molecule has 0 spiro atoms. The van der Waals surface area contributed by atoms with Gasteiger partial charge in [-0.15, -0.1) is 11.3 Å². The summed E-state index contributed by atoms with van der Waals surface area (Å²) in [7, 11) is 0. The Hall–Kier alpha value is -1.19. The molecule has 0 saturated carbocycles. The zero-order chi connectivity index (χ0) is 13.3. The smallest absolute Gasteiger partial charge is 0.123 e. The van der Waals surface area contributed by atoms with Crippen LogP contribution in [0.5, 0.6) is 0 Å². The van der Waals surface area contributed by atoms with Crippen molar-refractivity contribution in [2.24, 2.45) is 0 Å². The van der Waals surface area contributed by atoms with Gasteiger partial charge in [0.25, 0.3) is 0 Å². The second-order valence-corrected chi connectivity index (χ2v) is 6.08. The van der Waals surface area contributed by atoms with E-state index in [1.165, 1.54) is 5.56 Å². The molecule has 1 aromatic carbocycles. The molecular formula is C15H19NOS. The molecule has 1 aromatic heterocycles. The van der Waals surface area contributed by atoms with Gasteiger partial charge in [-0.2, -0.15) is 0 Å². The number of thiazole rings is 1. The minimum absolute atomic E-state index is 0.814. The van der Waals surface area contributed by atoms with Crippen molar-refractivity contribution in [1.29, 1.82) is 0 Å². The summed E-state index contributed by atoms with van der Waals surface area (Å²) in [4.78, 5) is 5.64. The highest BCUT2D eigenvalue weighted by Crippen LogP contribution is 2.35. The fourth-order valence-corrected chi connectivity index (χ4v) is 3.12. The van der Waals surface area contributed by atoms with E-state index in [0.29, 0.717) is 0 Å². The molecule has 0 bridgehead atoms. The van der Waals surface area contributed by atoms with Crippen LogP contribution in [0.15, 0.2) is 24.3 Å². The maximum atomic E-state index is 10.2. The molecule has 2 rings (SSSR count). The van der Waals surface area contributed by atoms with Gasteiger partial charge in [-0.1, -0.05) is 30.7 Å². The molecule has 0 amide bonds. The molecule has 1 heterocycles. The zero-order valence-corrected chi connectivity index (χ0v) is 12.1. The van der Waals surface area contributed by atoms with Gasteiger partial charge >= 0.3 is 0 Å². The number of benzene rings is 1. The summed E-state index contributed by atoms with van der Waals surface area (Å²) in [5.74, 6) is 0. The van der Waals surface area contributed by atoms with Gasteiger partial charge in [-0.3, -0.25) is 0 Å². The van der Waals surface area contributed by atoms with E-state index in [0.717, 1.165) is 27.6 Å². The molecular weight excluding hydrogens is 242 g/mol. The lowest BCUT2D eigenvalue weighted by atomic mass is 10.1. The molecule has 1 N–H and O–H groups in total. The topological polar surface area (TPSA) is 33.1 Å². The first-order valence-electron chi connectivity index (χ1n) is 6.21. The van der Waals surface area contributed by atoms with Gasteiger partial charge in [0.1, 0.15) is 5.01 Å². The molecule has 2 nitrogen and oxygen atoms in total. The number of hydrogen-bond acceptors (Lipinski definition) is 3. The van der Waals surface area contributed by atoms with Gasteiger partial charge in [0.05, 0.1) is 16.2 Å². The van der Waals surface area contributed by atoms with Gasteiger partial charge in [0, 0.05) is 5.56 Å². The van der Waals surface area contributed by atoms with Crippen LogP contribution in [0.3, 0.4) is 0 Å². The minimum Gasteiger partial charge on any atom is -0.385 e. The van der Waals surface area contributed by atoms with Crippen molar-refractivity contribution < 1.29 is 5.11 Å². The maximum absolute atomic E-state index is 10.2. The zero-order valence-electron chi connectivity index (χ0n) is 11.3. The van der Waals surface area contributed by atoms with Gasteiger partial charge in [-0.25, -0.2) is 4.98 Å². The molecule has 18 heavy (non-hydrogen) atoms. The first-order chi connectivity index (χ1) is 8.41. The fraction of sp³-hybridized carbons (Fsp3) is 0.400. The Labute approximate surface area is 112 Å². The minimum atomic E-state index is -0.814. The van der Waals surface area contributed by atoms with E-state index in [-0.39, 0.29) is 0 Å². The van der Waals surface area contributed by atoms with Crippen LogP contribution >= 0.6 is 11.3 Å². The van der Waals surface area contributed by atoms with E-state index < -0.39 is 5.60 Å². The van der Waals surface area contributed by atoms with Crippen molar-refractivity contribution in [2.75, 3.05) is 0 Å². The number of aromatic nitrogens is 1. The van der Waals surface area contributed by atoms with Crippen LogP contribution in [0, 0.1) is 6.92 Å². The molecule has 0 aliphatic heterocycles. The summed E-state index contributed by atoms with van der Waals surface area (Å²) in [6.45, 7) is 7.79. The Morgan fingerprint density at radius 1 is 1.33 bits per heavy atom. The van der Waals surface area contributed by atoms with E-state index in [2.05, 4.69) is 37.0 Å². The summed E-state index contributed by atoms with van der Waals surface area (Å²) >= 11 is 1.59. The Morgan fingerprint density at radius 3 is 2.56 bits per heavy atom. The van der Waals surface area contributed by atoms with E-state index in [1.54, 1.807) is 11.3 Å². The molecule has 0 saturated heterocycles. The van der Waals surface area contributed by atoms with Crippen LogP contribution in [0.4, 0.5) is 0 Å². The average molecular weight is 261 g/mol. The summed E-state index contributed by atoms with van der Waals surface area (Å²) < 4.78 is 0. The SMILES string of the molecule is CCc1nc(-c2cccc(C)c2)sc1C(C)(C)O. The van der Waals surface area contributed by atoms with Crippen molar-refractivity contribution in [3.63, 3.8) is 0 Å². The number of rotatable bonds is 3. The van der Waals surface area contributed by atoms with Crippen LogP contribution in [0.1, 0.15) is 36.9 Å². The Morgan fingerprint density at radius 2 is 2.06 bits per heavy atom. The van der Waals surface area contributed by atoms with E-state index in [1.807, 2.05) is 19.9 Å². The van der Waals surface area contributed by atoms with Crippen LogP contribution in [0.2, 0.25) is 0 Å². The third kappa shape index (κ3) is 2.62. The maximum Gasteiger partial charge on any atom is 0.123 e. The lowest BCUT2D eigenvalue weighted by molar-refractivity contribution is 0.0814. The van der Waals surface area contributed by atoms with Crippen molar-refractivity contribution >= 4 is 11.3 Å². The van der Waals surface area contributed by atoms with Crippen LogP contribution in [0.25, 0.3) is 10.6 Å². The van der Waals surface area contributed by atoms with Gasteiger partial charge in [0.15, 0.2) is 0 Å². The highest BCUT2D eigenvalue weighted by molar-refractivity contribution is 7.15. The van der Waals surface area contributed by atoms with E-state index in [9.17, 15) is 5.11 Å². The number of nitrogens with zero attached hydrogens (tertiary/aromatic N) is 1. The number of aliphatic hydroxyl groups is 1. The Balaban J connectivity index is 2.51. The normalized spacial score (nSPS) is 11.8.